The molecule has 0 radical (unpaired) electrons. The van der Waals surface area contributed by atoms with Gasteiger partial charge < -0.3 is 9.47 Å². The van der Waals surface area contributed by atoms with Crippen LogP contribution in [0.25, 0.3) is 0 Å². The van der Waals surface area contributed by atoms with Gasteiger partial charge in [0.2, 0.25) is 0 Å². The number of esters is 1. The van der Waals surface area contributed by atoms with E-state index < -0.39 is 0 Å². The van der Waals surface area contributed by atoms with Crippen LogP contribution in [0.1, 0.15) is 35.9 Å². The van der Waals surface area contributed by atoms with Crippen LogP contribution in [0.5, 0.6) is 0 Å². The molecular formula is C19H25N3O3. The molecule has 0 saturated carbocycles. The Balaban J connectivity index is 1.51. The van der Waals surface area contributed by atoms with Crippen molar-refractivity contribution in [2.24, 2.45) is 0 Å². The number of hydrogen-bond donors (Lipinski definition) is 0. The maximum Gasteiger partial charge on any atom is 0.356 e. The lowest BCUT2D eigenvalue weighted by Gasteiger charge is -2.32. The number of ether oxygens (including phenoxy) is 2. The molecule has 1 aromatic carbocycles. The average Bonchev–Trinajstić information content (AvgIpc) is 3.11. The van der Waals surface area contributed by atoms with Gasteiger partial charge in [-0.25, -0.2) is 4.79 Å². The summed E-state index contributed by atoms with van der Waals surface area (Å²) in [6.45, 7) is 7.40. The quantitative estimate of drug-likeness (QED) is 0.755. The number of hydrogen-bond acceptors (Lipinski definition) is 5. The third kappa shape index (κ3) is 4.67. The highest BCUT2D eigenvalue weighted by atomic mass is 16.6. The standard InChI is InChI=1S/C19H25N3O3/c1-15(2)22-18(8-9-20-22)19(23)25-14-17-13-21(10-11-24-17)12-16-6-4-3-5-7-16/h3-9,15,17H,10-14H2,1-2H3/t17-/m1/s1. The second-order valence-electron chi connectivity index (χ2n) is 6.57. The van der Waals surface area contributed by atoms with Crippen LogP contribution in [-0.2, 0) is 16.0 Å². The summed E-state index contributed by atoms with van der Waals surface area (Å²) in [4.78, 5) is 14.6. The Kier molecular flexibility index (Phi) is 5.83. The molecule has 1 aliphatic rings. The van der Waals surface area contributed by atoms with Gasteiger partial charge in [-0.15, -0.1) is 0 Å². The third-order valence-electron chi connectivity index (χ3n) is 4.24. The number of morpholine rings is 1. The summed E-state index contributed by atoms with van der Waals surface area (Å²) in [5, 5.41) is 4.17. The molecule has 1 atom stereocenters. The van der Waals surface area contributed by atoms with E-state index in [0.717, 1.165) is 19.6 Å². The normalized spacial score (nSPS) is 18.4. The maximum atomic E-state index is 12.3. The molecule has 6 nitrogen and oxygen atoms in total. The molecule has 1 aromatic heterocycles. The van der Waals surface area contributed by atoms with E-state index in [1.54, 1.807) is 16.9 Å². The molecule has 6 heteroatoms. The highest BCUT2D eigenvalue weighted by molar-refractivity contribution is 5.87. The summed E-state index contributed by atoms with van der Waals surface area (Å²) >= 11 is 0. The van der Waals surface area contributed by atoms with Crippen LogP contribution in [0.15, 0.2) is 42.6 Å². The van der Waals surface area contributed by atoms with Crippen molar-refractivity contribution in [1.82, 2.24) is 14.7 Å². The van der Waals surface area contributed by atoms with Gasteiger partial charge in [0.1, 0.15) is 18.4 Å². The lowest BCUT2D eigenvalue weighted by molar-refractivity contribution is -0.0615. The van der Waals surface area contributed by atoms with E-state index in [9.17, 15) is 4.79 Å². The molecule has 3 rings (SSSR count). The minimum atomic E-state index is -0.352. The SMILES string of the molecule is CC(C)n1nccc1C(=O)OC[C@H]1CN(Cc2ccccc2)CCO1. The lowest BCUT2D eigenvalue weighted by Crippen LogP contribution is -2.44. The van der Waals surface area contributed by atoms with Crippen molar-refractivity contribution < 1.29 is 14.3 Å². The first-order chi connectivity index (χ1) is 12.1. The molecule has 1 fully saturated rings. The van der Waals surface area contributed by atoms with Gasteiger partial charge in [-0.2, -0.15) is 5.10 Å². The molecule has 0 aliphatic carbocycles. The highest BCUT2D eigenvalue weighted by Crippen LogP contribution is 2.13. The zero-order valence-electron chi connectivity index (χ0n) is 14.8. The van der Waals surface area contributed by atoms with Gasteiger partial charge in [0.15, 0.2) is 0 Å². The smallest absolute Gasteiger partial charge is 0.356 e. The lowest BCUT2D eigenvalue weighted by atomic mass is 10.2. The van der Waals surface area contributed by atoms with Gasteiger partial charge in [0.05, 0.1) is 6.61 Å². The van der Waals surface area contributed by atoms with Crippen LogP contribution in [0.3, 0.4) is 0 Å². The molecule has 0 N–H and O–H groups in total. The van der Waals surface area contributed by atoms with Crippen LogP contribution in [-0.4, -0.2) is 53.1 Å². The number of benzene rings is 1. The summed E-state index contributed by atoms with van der Waals surface area (Å²) in [6.07, 6.45) is 1.52. The fraction of sp³-hybridized carbons (Fsp3) is 0.474. The molecule has 0 bridgehead atoms. The van der Waals surface area contributed by atoms with Gasteiger partial charge in [-0.3, -0.25) is 9.58 Å². The van der Waals surface area contributed by atoms with Crippen molar-refractivity contribution in [2.45, 2.75) is 32.5 Å². The largest absolute Gasteiger partial charge is 0.458 e. The molecule has 134 valence electrons. The second kappa shape index (κ2) is 8.27. The number of aromatic nitrogens is 2. The van der Waals surface area contributed by atoms with Crippen molar-refractivity contribution in [3.63, 3.8) is 0 Å². The van der Waals surface area contributed by atoms with Gasteiger partial charge in [-0.1, -0.05) is 30.3 Å². The van der Waals surface area contributed by atoms with E-state index in [2.05, 4.69) is 22.1 Å². The van der Waals surface area contributed by atoms with Crippen molar-refractivity contribution in [1.29, 1.82) is 0 Å². The maximum absolute atomic E-state index is 12.3. The van der Waals surface area contributed by atoms with Crippen LogP contribution >= 0.6 is 0 Å². The Hall–Kier alpha value is -2.18. The van der Waals surface area contributed by atoms with E-state index in [0.29, 0.717) is 12.3 Å². The molecule has 0 unspecified atom stereocenters. The highest BCUT2D eigenvalue weighted by Gasteiger charge is 2.23. The Morgan fingerprint density at radius 3 is 2.88 bits per heavy atom. The number of carbonyl (C=O) groups excluding carboxylic acids is 1. The fourth-order valence-corrected chi connectivity index (χ4v) is 3.00. The number of nitrogens with zero attached hydrogens (tertiary/aromatic N) is 3. The minimum Gasteiger partial charge on any atom is -0.458 e. The molecular weight excluding hydrogens is 318 g/mol. The van der Waals surface area contributed by atoms with Crippen LogP contribution < -0.4 is 0 Å². The van der Waals surface area contributed by atoms with Crippen LogP contribution in [0.4, 0.5) is 0 Å². The summed E-state index contributed by atoms with van der Waals surface area (Å²) in [5.41, 5.74) is 1.76. The molecule has 0 amide bonds. The van der Waals surface area contributed by atoms with Crippen molar-refractivity contribution in [2.75, 3.05) is 26.3 Å². The Labute approximate surface area is 148 Å². The average molecular weight is 343 g/mol. The Morgan fingerprint density at radius 1 is 1.32 bits per heavy atom. The second-order valence-corrected chi connectivity index (χ2v) is 6.57. The van der Waals surface area contributed by atoms with Crippen LogP contribution in [0.2, 0.25) is 0 Å². The monoisotopic (exact) mass is 343 g/mol. The van der Waals surface area contributed by atoms with Gasteiger partial charge in [-0.05, 0) is 25.5 Å². The third-order valence-corrected chi connectivity index (χ3v) is 4.24. The molecule has 2 heterocycles. The Morgan fingerprint density at radius 2 is 2.12 bits per heavy atom. The first-order valence-corrected chi connectivity index (χ1v) is 8.72. The molecule has 0 spiro atoms. The predicted molar refractivity (Wildman–Crippen MR) is 94.4 cm³/mol. The summed E-state index contributed by atoms with van der Waals surface area (Å²) in [6, 6.07) is 12.2. The van der Waals surface area contributed by atoms with Gasteiger partial charge in [0, 0.05) is 31.9 Å². The van der Waals surface area contributed by atoms with E-state index in [1.165, 1.54) is 5.56 Å². The molecule has 2 aromatic rings. The van der Waals surface area contributed by atoms with Crippen molar-refractivity contribution in [3.05, 3.63) is 53.9 Å². The van der Waals surface area contributed by atoms with Crippen molar-refractivity contribution in [3.8, 4) is 0 Å². The Bertz CT molecular complexity index is 684. The molecule has 1 aliphatic heterocycles. The van der Waals surface area contributed by atoms with E-state index >= 15 is 0 Å². The van der Waals surface area contributed by atoms with Gasteiger partial charge >= 0.3 is 5.97 Å². The van der Waals surface area contributed by atoms with Gasteiger partial charge in [0.25, 0.3) is 0 Å². The fourth-order valence-electron chi connectivity index (χ4n) is 3.00. The first-order valence-electron chi connectivity index (χ1n) is 8.72. The minimum absolute atomic E-state index is 0.100. The van der Waals surface area contributed by atoms with Crippen LogP contribution in [0, 0.1) is 0 Å². The molecule has 1 saturated heterocycles. The van der Waals surface area contributed by atoms with E-state index in [1.807, 2.05) is 32.0 Å². The topological polar surface area (TPSA) is 56.6 Å². The summed E-state index contributed by atoms with van der Waals surface area (Å²) < 4.78 is 12.9. The van der Waals surface area contributed by atoms with E-state index in [-0.39, 0.29) is 24.7 Å². The molecule has 25 heavy (non-hydrogen) atoms. The zero-order chi connectivity index (χ0) is 17.6. The predicted octanol–water partition coefficient (Wildman–Crippen LogP) is 2.52. The van der Waals surface area contributed by atoms with E-state index in [4.69, 9.17) is 9.47 Å². The summed E-state index contributed by atoms with van der Waals surface area (Å²) in [5.74, 6) is -0.352. The summed E-state index contributed by atoms with van der Waals surface area (Å²) in [7, 11) is 0. The first kappa shape index (κ1) is 17.6. The number of rotatable bonds is 6. The number of carbonyl (C=O) groups is 1. The zero-order valence-corrected chi connectivity index (χ0v) is 14.8. The van der Waals surface area contributed by atoms with Crippen molar-refractivity contribution >= 4 is 5.97 Å².